The van der Waals surface area contributed by atoms with Crippen LogP contribution in [-0.4, -0.2) is 46.8 Å². The molecular formula is C16H24N4O4S. The average Bonchev–Trinajstić information content (AvgIpc) is 2.50. The van der Waals surface area contributed by atoms with E-state index < -0.39 is 24.5 Å². The van der Waals surface area contributed by atoms with Gasteiger partial charge in [0.1, 0.15) is 0 Å². The summed E-state index contributed by atoms with van der Waals surface area (Å²) < 4.78 is 4.88. The predicted octanol–water partition coefficient (Wildman–Crippen LogP) is 1.53. The van der Waals surface area contributed by atoms with E-state index in [-0.39, 0.29) is 12.5 Å². The molecule has 9 heteroatoms. The minimum atomic E-state index is -0.675. The van der Waals surface area contributed by atoms with E-state index in [9.17, 15) is 14.4 Å². The normalized spacial score (nSPS) is 10.5. The second-order valence-electron chi connectivity index (χ2n) is 5.70. The largest absolute Gasteiger partial charge is 0.456 e. The van der Waals surface area contributed by atoms with Gasteiger partial charge in [0.2, 0.25) is 0 Å². The van der Waals surface area contributed by atoms with Crippen LogP contribution in [0.1, 0.15) is 37.2 Å². The van der Waals surface area contributed by atoms with Crippen LogP contribution in [-0.2, 0) is 20.7 Å². The third-order valence-corrected chi connectivity index (χ3v) is 3.75. The topological polar surface area (TPSA) is 110 Å². The molecule has 1 rings (SSSR count). The Morgan fingerprint density at radius 3 is 2.28 bits per heavy atom. The van der Waals surface area contributed by atoms with Crippen LogP contribution in [0, 0.1) is 13.8 Å². The van der Waals surface area contributed by atoms with E-state index in [0.717, 1.165) is 17.0 Å². The lowest BCUT2D eigenvalue weighted by atomic mass is 10.1. The fraction of sp³-hybridized carbons (Fsp3) is 0.562. The number of urea groups is 1. The molecule has 0 spiro atoms. The molecule has 0 aromatic carbocycles. The van der Waals surface area contributed by atoms with Gasteiger partial charge < -0.3 is 10.1 Å². The maximum absolute atomic E-state index is 11.8. The molecule has 8 nitrogen and oxygen atoms in total. The number of imide groups is 1. The quantitative estimate of drug-likeness (QED) is 0.426. The van der Waals surface area contributed by atoms with Gasteiger partial charge >= 0.3 is 12.0 Å². The molecular weight excluding hydrogens is 344 g/mol. The Kier molecular flexibility index (Phi) is 8.33. The fourth-order valence-corrected chi connectivity index (χ4v) is 2.52. The van der Waals surface area contributed by atoms with Crippen molar-refractivity contribution >= 4 is 29.7 Å². The SMILES string of the molecule is CSc1nc(C)c(CCC(=O)OCC(=O)NC(=O)NC(C)C)c(C)n1. The molecule has 1 heterocycles. The number of nitrogens with zero attached hydrogens (tertiary/aromatic N) is 2. The van der Waals surface area contributed by atoms with Gasteiger partial charge in [0, 0.05) is 23.9 Å². The minimum Gasteiger partial charge on any atom is -0.456 e. The van der Waals surface area contributed by atoms with Gasteiger partial charge in [-0.2, -0.15) is 0 Å². The van der Waals surface area contributed by atoms with E-state index in [1.54, 1.807) is 13.8 Å². The molecule has 0 saturated heterocycles. The zero-order chi connectivity index (χ0) is 19.0. The van der Waals surface area contributed by atoms with Gasteiger partial charge in [0.25, 0.3) is 5.91 Å². The highest BCUT2D eigenvalue weighted by atomic mass is 32.2. The van der Waals surface area contributed by atoms with Crippen molar-refractivity contribution in [3.63, 3.8) is 0 Å². The van der Waals surface area contributed by atoms with Crippen LogP contribution in [0.4, 0.5) is 4.79 Å². The summed E-state index contributed by atoms with van der Waals surface area (Å²) in [6.07, 6.45) is 2.44. The number of rotatable bonds is 7. The third-order valence-electron chi connectivity index (χ3n) is 3.20. The van der Waals surface area contributed by atoms with Crippen LogP contribution >= 0.6 is 11.8 Å². The Hall–Kier alpha value is -2.16. The van der Waals surface area contributed by atoms with Gasteiger partial charge in [-0.25, -0.2) is 14.8 Å². The van der Waals surface area contributed by atoms with Gasteiger partial charge in [0.15, 0.2) is 11.8 Å². The van der Waals surface area contributed by atoms with Crippen molar-refractivity contribution in [1.82, 2.24) is 20.6 Å². The molecule has 0 bridgehead atoms. The first-order valence-electron chi connectivity index (χ1n) is 7.87. The van der Waals surface area contributed by atoms with E-state index in [4.69, 9.17) is 4.74 Å². The fourth-order valence-electron chi connectivity index (χ4n) is 2.07. The molecule has 25 heavy (non-hydrogen) atoms. The number of amides is 3. The van der Waals surface area contributed by atoms with Crippen molar-refractivity contribution in [2.24, 2.45) is 0 Å². The highest BCUT2D eigenvalue weighted by Crippen LogP contribution is 2.17. The van der Waals surface area contributed by atoms with E-state index in [1.165, 1.54) is 11.8 Å². The van der Waals surface area contributed by atoms with Crippen molar-refractivity contribution in [2.75, 3.05) is 12.9 Å². The zero-order valence-corrected chi connectivity index (χ0v) is 16.0. The van der Waals surface area contributed by atoms with Crippen molar-refractivity contribution in [3.05, 3.63) is 17.0 Å². The highest BCUT2D eigenvalue weighted by molar-refractivity contribution is 7.98. The number of thioether (sulfide) groups is 1. The molecule has 0 saturated carbocycles. The molecule has 0 radical (unpaired) electrons. The van der Waals surface area contributed by atoms with Gasteiger partial charge in [0.05, 0.1) is 0 Å². The van der Waals surface area contributed by atoms with E-state index in [2.05, 4.69) is 20.6 Å². The molecule has 0 unspecified atom stereocenters. The Morgan fingerprint density at radius 2 is 1.76 bits per heavy atom. The first-order valence-corrected chi connectivity index (χ1v) is 9.09. The molecule has 1 aromatic rings. The van der Waals surface area contributed by atoms with Crippen LogP contribution in [0.2, 0.25) is 0 Å². The number of aromatic nitrogens is 2. The summed E-state index contributed by atoms with van der Waals surface area (Å²) >= 11 is 1.46. The molecule has 0 aliphatic carbocycles. The number of carbonyl (C=O) groups is 3. The Labute approximate surface area is 151 Å². The summed E-state index contributed by atoms with van der Waals surface area (Å²) in [5, 5.41) is 5.28. The Morgan fingerprint density at radius 1 is 1.16 bits per heavy atom. The number of ether oxygens (including phenoxy) is 1. The highest BCUT2D eigenvalue weighted by Gasteiger charge is 2.14. The minimum absolute atomic E-state index is 0.0958. The Bertz CT molecular complexity index is 626. The maximum Gasteiger partial charge on any atom is 0.321 e. The summed E-state index contributed by atoms with van der Waals surface area (Å²) in [7, 11) is 0. The Balaban J connectivity index is 2.43. The van der Waals surface area contributed by atoms with Crippen molar-refractivity contribution in [3.8, 4) is 0 Å². The molecule has 0 aliphatic heterocycles. The van der Waals surface area contributed by atoms with Crippen LogP contribution in [0.25, 0.3) is 0 Å². The summed E-state index contributed by atoms with van der Waals surface area (Å²) in [5.41, 5.74) is 2.55. The van der Waals surface area contributed by atoms with Crippen LogP contribution < -0.4 is 10.6 Å². The lowest BCUT2D eigenvalue weighted by molar-refractivity contribution is -0.148. The second kappa shape index (κ2) is 9.97. The summed E-state index contributed by atoms with van der Waals surface area (Å²) in [4.78, 5) is 43.4. The average molecular weight is 368 g/mol. The molecule has 0 atom stereocenters. The van der Waals surface area contributed by atoms with Crippen LogP contribution in [0.15, 0.2) is 5.16 Å². The molecule has 2 N–H and O–H groups in total. The standard InChI is InChI=1S/C16H24N4O4S/c1-9(2)17-15(23)20-13(21)8-24-14(22)7-6-12-10(3)18-16(25-5)19-11(12)4/h9H,6-8H2,1-5H3,(H2,17,20,21,23). The van der Waals surface area contributed by atoms with Gasteiger partial charge in [-0.05, 0) is 45.9 Å². The zero-order valence-electron chi connectivity index (χ0n) is 15.1. The summed E-state index contributed by atoms with van der Waals surface area (Å²) in [6, 6.07) is -0.713. The number of aryl methyl sites for hydroxylation is 2. The first kappa shape index (κ1) is 20.9. The van der Waals surface area contributed by atoms with Gasteiger partial charge in [-0.15, -0.1) is 0 Å². The third kappa shape index (κ3) is 7.51. The van der Waals surface area contributed by atoms with E-state index in [1.807, 2.05) is 20.1 Å². The van der Waals surface area contributed by atoms with Crippen LogP contribution in [0.5, 0.6) is 0 Å². The molecule has 0 fully saturated rings. The number of hydrogen-bond acceptors (Lipinski definition) is 7. The smallest absolute Gasteiger partial charge is 0.321 e. The lowest BCUT2D eigenvalue weighted by Crippen LogP contribution is -2.44. The maximum atomic E-state index is 11.8. The van der Waals surface area contributed by atoms with E-state index in [0.29, 0.717) is 11.6 Å². The van der Waals surface area contributed by atoms with Crippen molar-refractivity contribution < 1.29 is 19.1 Å². The van der Waals surface area contributed by atoms with Crippen LogP contribution in [0.3, 0.4) is 0 Å². The molecule has 3 amide bonds. The summed E-state index contributed by atoms with van der Waals surface area (Å²) in [5.74, 6) is -1.20. The van der Waals surface area contributed by atoms with Crippen molar-refractivity contribution in [2.45, 2.75) is 51.7 Å². The number of esters is 1. The van der Waals surface area contributed by atoms with Gasteiger partial charge in [-0.1, -0.05) is 11.8 Å². The number of hydrogen-bond donors (Lipinski definition) is 2. The van der Waals surface area contributed by atoms with Gasteiger partial charge in [-0.3, -0.25) is 14.9 Å². The molecule has 1 aromatic heterocycles. The molecule has 138 valence electrons. The molecule has 0 aliphatic rings. The first-order chi connectivity index (χ1) is 11.7. The lowest BCUT2D eigenvalue weighted by Gasteiger charge is -2.11. The second-order valence-corrected chi connectivity index (χ2v) is 6.47. The van der Waals surface area contributed by atoms with Crippen molar-refractivity contribution in [1.29, 1.82) is 0 Å². The van der Waals surface area contributed by atoms with E-state index >= 15 is 0 Å². The number of carbonyl (C=O) groups excluding carboxylic acids is 3. The number of nitrogens with one attached hydrogen (secondary N) is 2. The summed E-state index contributed by atoms with van der Waals surface area (Å²) in [6.45, 7) is 6.78. The predicted molar refractivity (Wildman–Crippen MR) is 94.4 cm³/mol. The monoisotopic (exact) mass is 368 g/mol.